The Labute approximate surface area is 136 Å². The fraction of sp³-hybridized carbons (Fsp3) is 0.444. The summed E-state index contributed by atoms with van der Waals surface area (Å²) in [5.41, 5.74) is 2.91. The molecule has 1 fully saturated rings. The van der Waals surface area contributed by atoms with Gasteiger partial charge in [0.2, 0.25) is 0 Å². The fourth-order valence-corrected chi connectivity index (χ4v) is 3.01. The van der Waals surface area contributed by atoms with E-state index < -0.39 is 6.09 Å². The van der Waals surface area contributed by atoms with E-state index in [2.05, 4.69) is 6.07 Å². The molecule has 2 aliphatic rings. The van der Waals surface area contributed by atoms with Gasteiger partial charge in [-0.25, -0.2) is 4.79 Å². The number of carbonyl (C=O) groups is 2. The van der Waals surface area contributed by atoms with Gasteiger partial charge in [0, 0.05) is 24.7 Å². The highest BCUT2D eigenvalue weighted by Gasteiger charge is 2.35. The topological polar surface area (TPSA) is 60.9 Å². The number of hydrogen-bond donors (Lipinski definition) is 1. The largest absolute Gasteiger partial charge is 0.465 e. The molecule has 1 aromatic rings. The van der Waals surface area contributed by atoms with E-state index in [9.17, 15) is 9.59 Å². The molecule has 5 nitrogen and oxygen atoms in total. The number of benzene rings is 1. The number of nitrogens with zero attached hydrogens (tertiary/aromatic N) is 2. The maximum Gasteiger partial charge on any atom is 0.407 e. The molecule has 0 unspecified atom stereocenters. The van der Waals surface area contributed by atoms with Crippen molar-refractivity contribution >= 4 is 12.0 Å². The molecule has 1 aliphatic heterocycles. The summed E-state index contributed by atoms with van der Waals surface area (Å²) in [6.45, 7) is 3.30. The van der Waals surface area contributed by atoms with E-state index in [4.69, 9.17) is 5.11 Å². The van der Waals surface area contributed by atoms with Crippen LogP contribution in [0.4, 0.5) is 4.79 Å². The highest BCUT2D eigenvalue weighted by atomic mass is 16.4. The molecular formula is C18H22N2O3. The SMILES string of the molecule is Cc1cccc(CN(C(=O)C2=CCCN(C(=O)O)C2)C2CC2)c1. The Hall–Kier alpha value is -2.30. The van der Waals surface area contributed by atoms with E-state index in [0.29, 0.717) is 31.1 Å². The summed E-state index contributed by atoms with van der Waals surface area (Å²) in [5, 5.41) is 9.14. The summed E-state index contributed by atoms with van der Waals surface area (Å²) in [6.07, 6.45) is 3.62. The molecule has 1 saturated carbocycles. The van der Waals surface area contributed by atoms with Crippen molar-refractivity contribution in [2.45, 2.75) is 38.8 Å². The van der Waals surface area contributed by atoms with Gasteiger partial charge in [0.1, 0.15) is 0 Å². The number of carbonyl (C=O) groups excluding carboxylic acids is 1. The first-order valence-electron chi connectivity index (χ1n) is 8.08. The van der Waals surface area contributed by atoms with Crippen molar-refractivity contribution in [1.29, 1.82) is 0 Å². The van der Waals surface area contributed by atoms with Crippen LogP contribution in [0.1, 0.15) is 30.4 Å². The minimum absolute atomic E-state index is 0.0139. The van der Waals surface area contributed by atoms with E-state index in [1.165, 1.54) is 10.5 Å². The van der Waals surface area contributed by atoms with Crippen LogP contribution in [-0.2, 0) is 11.3 Å². The lowest BCUT2D eigenvalue weighted by atomic mass is 10.1. The first-order chi connectivity index (χ1) is 11.0. The molecule has 122 valence electrons. The van der Waals surface area contributed by atoms with Crippen LogP contribution in [0.25, 0.3) is 0 Å². The van der Waals surface area contributed by atoms with Gasteiger partial charge >= 0.3 is 6.09 Å². The predicted molar refractivity (Wildman–Crippen MR) is 87.0 cm³/mol. The normalized spacial score (nSPS) is 17.6. The van der Waals surface area contributed by atoms with Crippen LogP contribution in [0.5, 0.6) is 0 Å². The summed E-state index contributed by atoms with van der Waals surface area (Å²) < 4.78 is 0. The van der Waals surface area contributed by atoms with Gasteiger partial charge < -0.3 is 14.9 Å². The zero-order valence-electron chi connectivity index (χ0n) is 13.4. The minimum atomic E-state index is -0.958. The van der Waals surface area contributed by atoms with Crippen LogP contribution in [-0.4, -0.2) is 46.0 Å². The van der Waals surface area contributed by atoms with Crippen LogP contribution in [0.2, 0.25) is 0 Å². The van der Waals surface area contributed by atoms with E-state index in [-0.39, 0.29) is 12.5 Å². The fourth-order valence-electron chi connectivity index (χ4n) is 3.01. The minimum Gasteiger partial charge on any atom is -0.465 e. The van der Waals surface area contributed by atoms with Crippen molar-refractivity contribution in [2.24, 2.45) is 0 Å². The monoisotopic (exact) mass is 314 g/mol. The molecule has 1 N–H and O–H groups in total. The lowest BCUT2D eigenvalue weighted by Gasteiger charge is -2.29. The number of carboxylic acid groups (broad SMARTS) is 1. The van der Waals surface area contributed by atoms with Gasteiger partial charge in [-0.2, -0.15) is 0 Å². The Kier molecular flexibility index (Phi) is 4.37. The third-order valence-corrected chi connectivity index (χ3v) is 4.38. The second-order valence-electron chi connectivity index (χ2n) is 6.38. The summed E-state index contributed by atoms with van der Waals surface area (Å²) in [7, 11) is 0. The Morgan fingerprint density at radius 3 is 2.78 bits per heavy atom. The van der Waals surface area contributed by atoms with Crippen molar-refractivity contribution in [3.63, 3.8) is 0 Å². The van der Waals surface area contributed by atoms with Crippen LogP contribution in [0.3, 0.4) is 0 Å². The van der Waals surface area contributed by atoms with E-state index in [0.717, 1.165) is 18.4 Å². The van der Waals surface area contributed by atoms with E-state index in [1.54, 1.807) is 0 Å². The van der Waals surface area contributed by atoms with Crippen LogP contribution < -0.4 is 0 Å². The first-order valence-corrected chi connectivity index (χ1v) is 8.08. The molecule has 0 saturated heterocycles. The molecule has 0 bridgehead atoms. The average molecular weight is 314 g/mol. The average Bonchev–Trinajstić information content (AvgIpc) is 3.37. The van der Waals surface area contributed by atoms with Crippen LogP contribution in [0, 0.1) is 6.92 Å². The van der Waals surface area contributed by atoms with Gasteiger partial charge in [-0.1, -0.05) is 35.9 Å². The first kappa shape index (κ1) is 15.6. The molecule has 0 radical (unpaired) electrons. The van der Waals surface area contributed by atoms with Crippen LogP contribution >= 0.6 is 0 Å². The molecular weight excluding hydrogens is 292 g/mol. The Bertz CT molecular complexity index is 649. The highest BCUT2D eigenvalue weighted by molar-refractivity contribution is 5.95. The Morgan fingerprint density at radius 2 is 2.13 bits per heavy atom. The van der Waals surface area contributed by atoms with Crippen LogP contribution in [0.15, 0.2) is 35.9 Å². The second kappa shape index (κ2) is 6.44. The van der Waals surface area contributed by atoms with Gasteiger partial charge in [0.25, 0.3) is 5.91 Å². The maximum atomic E-state index is 12.9. The number of amides is 2. The number of hydrogen-bond acceptors (Lipinski definition) is 2. The summed E-state index contributed by atoms with van der Waals surface area (Å²) in [5.74, 6) is -0.0139. The van der Waals surface area contributed by atoms with Crippen molar-refractivity contribution in [1.82, 2.24) is 9.80 Å². The standard InChI is InChI=1S/C18H22N2O3/c1-13-4-2-5-14(10-13)11-20(16-7-8-16)17(21)15-6-3-9-19(12-15)18(22)23/h2,4-6,10,16H,3,7-9,11-12H2,1H3,(H,22,23). The maximum absolute atomic E-state index is 12.9. The van der Waals surface area contributed by atoms with Gasteiger partial charge in [0.15, 0.2) is 0 Å². The number of aryl methyl sites for hydroxylation is 1. The van der Waals surface area contributed by atoms with Crippen molar-refractivity contribution in [3.8, 4) is 0 Å². The van der Waals surface area contributed by atoms with Crippen molar-refractivity contribution < 1.29 is 14.7 Å². The van der Waals surface area contributed by atoms with E-state index in [1.807, 2.05) is 36.1 Å². The molecule has 1 heterocycles. The zero-order chi connectivity index (χ0) is 16.4. The quantitative estimate of drug-likeness (QED) is 0.929. The van der Waals surface area contributed by atoms with Gasteiger partial charge in [-0.05, 0) is 31.7 Å². The zero-order valence-corrected chi connectivity index (χ0v) is 13.4. The van der Waals surface area contributed by atoms with Gasteiger partial charge in [-0.3, -0.25) is 4.79 Å². The summed E-state index contributed by atoms with van der Waals surface area (Å²) in [4.78, 5) is 27.2. The molecule has 23 heavy (non-hydrogen) atoms. The van der Waals surface area contributed by atoms with Crippen molar-refractivity contribution in [2.75, 3.05) is 13.1 Å². The van der Waals surface area contributed by atoms with Crippen molar-refractivity contribution in [3.05, 3.63) is 47.0 Å². The molecule has 0 spiro atoms. The molecule has 5 heteroatoms. The molecule has 0 aromatic heterocycles. The molecule has 1 aromatic carbocycles. The summed E-state index contributed by atoms with van der Waals surface area (Å²) in [6, 6.07) is 8.48. The smallest absolute Gasteiger partial charge is 0.407 e. The summed E-state index contributed by atoms with van der Waals surface area (Å²) >= 11 is 0. The number of rotatable bonds is 4. The lowest BCUT2D eigenvalue weighted by molar-refractivity contribution is -0.128. The third-order valence-electron chi connectivity index (χ3n) is 4.38. The Morgan fingerprint density at radius 1 is 1.35 bits per heavy atom. The predicted octanol–water partition coefficient (Wildman–Crippen LogP) is 2.80. The lowest BCUT2D eigenvalue weighted by Crippen LogP contribution is -2.41. The molecule has 0 atom stereocenters. The third kappa shape index (κ3) is 3.73. The molecule has 1 aliphatic carbocycles. The second-order valence-corrected chi connectivity index (χ2v) is 6.38. The van der Waals surface area contributed by atoms with Gasteiger partial charge in [-0.15, -0.1) is 0 Å². The van der Waals surface area contributed by atoms with E-state index >= 15 is 0 Å². The Balaban J connectivity index is 1.74. The highest BCUT2D eigenvalue weighted by Crippen LogP contribution is 2.30. The van der Waals surface area contributed by atoms with Gasteiger partial charge in [0.05, 0.1) is 6.54 Å². The molecule has 3 rings (SSSR count). The molecule has 2 amide bonds.